The van der Waals surface area contributed by atoms with E-state index in [4.69, 9.17) is 4.74 Å². The predicted octanol–water partition coefficient (Wildman–Crippen LogP) is 3.39. The number of likely N-dealkylation sites (tertiary alicyclic amines) is 1. The molecule has 2 aromatic rings. The number of methoxy groups -OCH3 is 1. The average molecular weight is 380 g/mol. The van der Waals surface area contributed by atoms with Crippen molar-refractivity contribution in [1.82, 2.24) is 10.2 Å². The standard InChI is InChI=1S/C23H28N2O3/c1-4-12-24-22(26)21-15-25(23(27)17-10-8-16(2)9-11-17)14-20(21)18-6-5-7-19(13-18)28-3/h5-11,13,20-21H,4,12,14-15H2,1-3H3,(H,24,26)/t20-,21+/m0/s1. The Morgan fingerprint density at radius 1 is 1.14 bits per heavy atom. The van der Waals surface area contributed by atoms with Crippen LogP contribution in [0.1, 0.15) is 40.7 Å². The van der Waals surface area contributed by atoms with Crippen LogP contribution in [-0.4, -0.2) is 43.5 Å². The average Bonchev–Trinajstić information content (AvgIpc) is 3.17. The number of nitrogens with one attached hydrogen (secondary N) is 1. The van der Waals surface area contributed by atoms with Gasteiger partial charge in [0.05, 0.1) is 13.0 Å². The van der Waals surface area contributed by atoms with Gasteiger partial charge < -0.3 is 15.0 Å². The summed E-state index contributed by atoms with van der Waals surface area (Å²) >= 11 is 0. The first-order valence-electron chi connectivity index (χ1n) is 9.81. The minimum absolute atomic E-state index is 0.00822. The third kappa shape index (κ3) is 4.35. The van der Waals surface area contributed by atoms with Crippen molar-refractivity contribution in [2.45, 2.75) is 26.2 Å². The van der Waals surface area contributed by atoms with E-state index >= 15 is 0 Å². The van der Waals surface area contributed by atoms with Crippen LogP contribution >= 0.6 is 0 Å². The molecule has 1 aliphatic heterocycles. The van der Waals surface area contributed by atoms with Crippen LogP contribution in [0, 0.1) is 12.8 Å². The lowest BCUT2D eigenvalue weighted by Gasteiger charge is -2.18. The van der Waals surface area contributed by atoms with Crippen LogP contribution in [-0.2, 0) is 4.79 Å². The van der Waals surface area contributed by atoms with E-state index in [9.17, 15) is 9.59 Å². The van der Waals surface area contributed by atoms with Crippen molar-refractivity contribution in [2.75, 3.05) is 26.7 Å². The van der Waals surface area contributed by atoms with Gasteiger partial charge >= 0.3 is 0 Å². The van der Waals surface area contributed by atoms with E-state index in [0.29, 0.717) is 25.2 Å². The lowest BCUT2D eigenvalue weighted by molar-refractivity contribution is -0.124. The summed E-state index contributed by atoms with van der Waals surface area (Å²) in [5, 5.41) is 3.00. The number of hydrogen-bond donors (Lipinski definition) is 1. The highest BCUT2D eigenvalue weighted by atomic mass is 16.5. The van der Waals surface area contributed by atoms with Crippen molar-refractivity contribution < 1.29 is 14.3 Å². The number of amides is 2. The molecule has 0 aromatic heterocycles. The van der Waals surface area contributed by atoms with Gasteiger partial charge in [-0.15, -0.1) is 0 Å². The van der Waals surface area contributed by atoms with Crippen LogP contribution in [0.25, 0.3) is 0 Å². The largest absolute Gasteiger partial charge is 0.497 e. The molecular weight excluding hydrogens is 352 g/mol. The molecule has 1 saturated heterocycles. The number of aryl methyl sites for hydroxylation is 1. The quantitative estimate of drug-likeness (QED) is 0.836. The van der Waals surface area contributed by atoms with Gasteiger partial charge in [0.1, 0.15) is 5.75 Å². The van der Waals surface area contributed by atoms with Crippen molar-refractivity contribution >= 4 is 11.8 Å². The fourth-order valence-corrected chi connectivity index (χ4v) is 3.70. The van der Waals surface area contributed by atoms with Gasteiger partial charge in [0, 0.05) is 31.1 Å². The Hall–Kier alpha value is -2.82. The molecule has 2 aromatic carbocycles. The SMILES string of the molecule is CCCNC(=O)[C@@H]1CN(C(=O)c2ccc(C)cc2)C[C@H]1c1cccc(OC)c1. The van der Waals surface area contributed by atoms with Gasteiger partial charge in [-0.25, -0.2) is 0 Å². The molecule has 0 aliphatic carbocycles. The first-order chi connectivity index (χ1) is 13.5. The maximum absolute atomic E-state index is 13.0. The number of rotatable bonds is 6. The number of carbonyl (C=O) groups is 2. The third-order valence-corrected chi connectivity index (χ3v) is 5.31. The van der Waals surface area contributed by atoms with Gasteiger partial charge in [-0.2, -0.15) is 0 Å². The number of hydrogen-bond acceptors (Lipinski definition) is 3. The van der Waals surface area contributed by atoms with Gasteiger partial charge in [-0.1, -0.05) is 36.8 Å². The molecule has 1 heterocycles. The molecule has 5 heteroatoms. The topological polar surface area (TPSA) is 58.6 Å². The Bertz CT molecular complexity index is 832. The molecule has 0 radical (unpaired) electrons. The van der Waals surface area contributed by atoms with Crippen LogP contribution in [0.2, 0.25) is 0 Å². The van der Waals surface area contributed by atoms with E-state index < -0.39 is 0 Å². The minimum Gasteiger partial charge on any atom is -0.497 e. The molecule has 1 fully saturated rings. The summed E-state index contributed by atoms with van der Waals surface area (Å²) in [5.41, 5.74) is 2.80. The van der Waals surface area contributed by atoms with Crippen molar-refractivity contribution in [3.63, 3.8) is 0 Å². The molecular formula is C23H28N2O3. The van der Waals surface area contributed by atoms with E-state index in [1.54, 1.807) is 12.0 Å². The fraction of sp³-hybridized carbons (Fsp3) is 0.391. The molecule has 1 N–H and O–H groups in total. The highest BCUT2D eigenvalue weighted by Gasteiger charge is 2.40. The van der Waals surface area contributed by atoms with Crippen LogP contribution in [0.4, 0.5) is 0 Å². The number of carbonyl (C=O) groups excluding carboxylic acids is 2. The molecule has 3 rings (SSSR count). The van der Waals surface area contributed by atoms with Crippen LogP contribution in [0.15, 0.2) is 48.5 Å². The van der Waals surface area contributed by atoms with Crippen LogP contribution in [0.3, 0.4) is 0 Å². The number of ether oxygens (including phenoxy) is 1. The third-order valence-electron chi connectivity index (χ3n) is 5.31. The number of nitrogens with zero attached hydrogens (tertiary/aromatic N) is 1. The smallest absolute Gasteiger partial charge is 0.253 e. The lowest BCUT2D eigenvalue weighted by atomic mass is 9.88. The molecule has 0 saturated carbocycles. The summed E-state index contributed by atoms with van der Waals surface area (Å²) in [5.74, 6) is 0.413. The summed E-state index contributed by atoms with van der Waals surface area (Å²) in [7, 11) is 1.63. The second kappa shape index (κ2) is 8.91. The van der Waals surface area contributed by atoms with Gasteiger partial charge in [-0.05, 0) is 43.2 Å². The van der Waals surface area contributed by atoms with Gasteiger partial charge in [0.15, 0.2) is 0 Å². The Morgan fingerprint density at radius 2 is 1.89 bits per heavy atom. The second-order valence-corrected chi connectivity index (χ2v) is 7.36. The fourth-order valence-electron chi connectivity index (χ4n) is 3.70. The maximum atomic E-state index is 13.0. The normalized spacial score (nSPS) is 18.8. The molecule has 0 spiro atoms. The highest BCUT2D eigenvalue weighted by Crippen LogP contribution is 2.35. The summed E-state index contributed by atoms with van der Waals surface area (Å²) in [4.78, 5) is 27.6. The predicted molar refractivity (Wildman–Crippen MR) is 110 cm³/mol. The summed E-state index contributed by atoms with van der Waals surface area (Å²) in [6, 6.07) is 15.4. The zero-order valence-electron chi connectivity index (χ0n) is 16.8. The van der Waals surface area contributed by atoms with Crippen molar-refractivity contribution in [1.29, 1.82) is 0 Å². The van der Waals surface area contributed by atoms with E-state index in [-0.39, 0.29) is 23.7 Å². The highest BCUT2D eigenvalue weighted by molar-refractivity contribution is 5.95. The first-order valence-corrected chi connectivity index (χ1v) is 9.81. The van der Waals surface area contributed by atoms with Crippen molar-refractivity contribution in [2.24, 2.45) is 5.92 Å². The zero-order valence-corrected chi connectivity index (χ0v) is 16.8. The maximum Gasteiger partial charge on any atom is 0.253 e. The second-order valence-electron chi connectivity index (χ2n) is 7.36. The van der Waals surface area contributed by atoms with Crippen molar-refractivity contribution in [3.8, 4) is 5.75 Å². The summed E-state index contributed by atoms with van der Waals surface area (Å²) in [6.45, 7) is 5.61. The Kier molecular flexibility index (Phi) is 6.34. The minimum atomic E-state index is -0.270. The summed E-state index contributed by atoms with van der Waals surface area (Å²) in [6.07, 6.45) is 0.883. The Morgan fingerprint density at radius 3 is 2.57 bits per heavy atom. The van der Waals surface area contributed by atoms with Crippen LogP contribution < -0.4 is 10.1 Å². The van der Waals surface area contributed by atoms with E-state index in [2.05, 4.69) is 5.32 Å². The summed E-state index contributed by atoms with van der Waals surface area (Å²) < 4.78 is 5.35. The zero-order chi connectivity index (χ0) is 20.1. The van der Waals surface area contributed by atoms with Gasteiger partial charge in [-0.3, -0.25) is 9.59 Å². The Labute approximate surface area is 166 Å². The molecule has 5 nitrogen and oxygen atoms in total. The first kappa shape index (κ1) is 19.9. The molecule has 0 unspecified atom stereocenters. The van der Waals surface area contributed by atoms with Gasteiger partial charge in [0.2, 0.25) is 5.91 Å². The number of benzene rings is 2. The molecule has 28 heavy (non-hydrogen) atoms. The molecule has 2 atom stereocenters. The molecule has 0 bridgehead atoms. The lowest BCUT2D eigenvalue weighted by Crippen LogP contribution is -2.36. The van der Waals surface area contributed by atoms with Gasteiger partial charge in [0.25, 0.3) is 5.91 Å². The van der Waals surface area contributed by atoms with Crippen molar-refractivity contribution in [3.05, 3.63) is 65.2 Å². The molecule has 1 aliphatic rings. The molecule has 148 valence electrons. The Balaban J connectivity index is 1.86. The van der Waals surface area contributed by atoms with E-state index in [1.165, 1.54) is 0 Å². The van der Waals surface area contributed by atoms with E-state index in [0.717, 1.165) is 23.3 Å². The monoisotopic (exact) mass is 380 g/mol. The molecule has 2 amide bonds. The van der Waals surface area contributed by atoms with Crippen LogP contribution in [0.5, 0.6) is 5.75 Å². The van der Waals surface area contributed by atoms with E-state index in [1.807, 2.05) is 62.4 Å².